The average Bonchev–Trinajstić information content (AvgIpc) is 2.71. The zero-order chi connectivity index (χ0) is 10.1. The van der Waals surface area contributed by atoms with E-state index in [9.17, 15) is 4.79 Å². The van der Waals surface area contributed by atoms with Gasteiger partial charge in [-0.15, -0.1) is 0 Å². The summed E-state index contributed by atoms with van der Waals surface area (Å²) in [7, 11) is 0. The van der Waals surface area contributed by atoms with Crippen molar-refractivity contribution in [3.05, 3.63) is 0 Å². The zero-order valence-electron chi connectivity index (χ0n) is 8.82. The van der Waals surface area contributed by atoms with Gasteiger partial charge in [0.25, 0.3) is 0 Å². The highest BCUT2D eigenvalue weighted by Gasteiger charge is 2.35. The van der Waals surface area contributed by atoms with Gasteiger partial charge in [0.2, 0.25) is 5.91 Å². The summed E-state index contributed by atoms with van der Waals surface area (Å²) < 4.78 is 5.31. The third-order valence-corrected chi connectivity index (χ3v) is 3.09. The van der Waals surface area contributed by atoms with Gasteiger partial charge in [0.15, 0.2) is 0 Å². The van der Waals surface area contributed by atoms with Crippen LogP contribution in [0.1, 0.15) is 20.3 Å². The molecule has 4 nitrogen and oxygen atoms in total. The van der Waals surface area contributed by atoms with E-state index in [4.69, 9.17) is 4.74 Å². The summed E-state index contributed by atoms with van der Waals surface area (Å²) in [6, 6.07) is -0.0210. The summed E-state index contributed by atoms with van der Waals surface area (Å²) in [6.07, 6.45) is 1.27. The lowest BCUT2D eigenvalue weighted by Gasteiger charge is -2.23. The average molecular weight is 198 g/mol. The Morgan fingerprint density at radius 2 is 2.36 bits per heavy atom. The molecule has 0 radical (unpaired) electrons. The highest BCUT2D eigenvalue weighted by atomic mass is 16.5. The van der Waals surface area contributed by atoms with Crippen LogP contribution in [-0.4, -0.2) is 42.8 Å². The third kappa shape index (κ3) is 1.77. The van der Waals surface area contributed by atoms with Crippen molar-refractivity contribution >= 4 is 5.91 Å². The molecular weight excluding hydrogens is 180 g/mol. The van der Waals surface area contributed by atoms with Crippen LogP contribution in [0.25, 0.3) is 0 Å². The van der Waals surface area contributed by atoms with Gasteiger partial charge in [0, 0.05) is 19.1 Å². The molecule has 0 aromatic rings. The Bertz CT molecular complexity index is 226. The first-order valence-corrected chi connectivity index (χ1v) is 5.32. The number of nitrogens with one attached hydrogen (secondary N) is 1. The van der Waals surface area contributed by atoms with Gasteiger partial charge in [-0.2, -0.15) is 0 Å². The van der Waals surface area contributed by atoms with E-state index in [1.165, 1.54) is 0 Å². The predicted octanol–water partition coefficient (Wildman–Crippen LogP) is 0.189. The molecule has 0 saturated carbocycles. The maximum atomic E-state index is 11.7. The standard InChI is InChI=1S/C10H18N2O2/c1-7-10(13)12(8(2)11-7)5-9-3-4-14-6-9/h7-9,11H,3-6H2,1-2H3. The predicted molar refractivity (Wildman–Crippen MR) is 52.7 cm³/mol. The van der Waals surface area contributed by atoms with Crippen LogP contribution in [0.4, 0.5) is 0 Å². The number of hydrogen-bond acceptors (Lipinski definition) is 3. The SMILES string of the molecule is CC1NC(C)N(CC2CCOC2)C1=O. The molecule has 3 atom stereocenters. The molecule has 0 bridgehead atoms. The van der Waals surface area contributed by atoms with E-state index in [1.54, 1.807) is 0 Å². The fraction of sp³-hybridized carbons (Fsp3) is 0.900. The van der Waals surface area contributed by atoms with Gasteiger partial charge in [-0.3, -0.25) is 10.1 Å². The van der Waals surface area contributed by atoms with Crippen LogP contribution in [0.2, 0.25) is 0 Å². The minimum atomic E-state index is -0.0210. The maximum absolute atomic E-state index is 11.7. The molecule has 2 rings (SSSR count). The van der Waals surface area contributed by atoms with Crippen molar-refractivity contribution in [3.8, 4) is 0 Å². The van der Waals surface area contributed by atoms with Gasteiger partial charge in [-0.05, 0) is 20.3 Å². The first-order chi connectivity index (χ1) is 6.68. The normalized spacial score (nSPS) is 38.3. The molecule has 0 aromatic carbocycles. The third-order valence-electron chi connectivity index (χ3n) is 3.09. The van der Waals surface area contributed by atoms with Gasteiger partial charge in [0.1, 0.15) is 0 Å². The van der Waals surface area contributed by atoms with Crippen molar-refractivity contribution in [1.29, 1.82) is 0 Å². The molecule has 0 aliphatic carbocycles. The lowest BCUT2D eigenvalue weighted by atomic mass is 10.1. The molecule has 2 heterocycles. The zero-order valence-corrected chi connectivity index (χ0v) is 8.82. The van der Waals surface area contributed by atoms with E-state index < -0.39 is 0 Å². The van der Waals surface area contributed by atoms with Crippen molar-refractivity contribution in [1.82, 2.24) is 10.2 Å². The summed E-state index contributed by atoms with van der Waals surface area (Å²) in [5.41, 5.74) is 0. The molecule has 14 heavy (non-hydrogen) atoms. The molecule has 0 aromatic heterocycles. The van der Waals surface area contributed by atoms with E-state index in [1.807, 2.05) is 18.7 Å². The minimum absolute atomic E-state index is 0.0210. The van der Waals surface area contributed by atoms with Gasteiger partial charge < -0.3 is 9.64 Å². The second kappa shape index (κ2) is 3.87. The maximum Gasteiger partial charge on any atom is 0.240 e. The molecular formula is C10H18N2O2. The van der Waals surface area contributed by atoms with Gasteiger partial charge in [-0.25, -0.2) is 0 Å². The summed E-state index contributed by atoms with van der Waals surface area (Å²) >= 11 is 0. The fourth-order valence-corrected chi connectivity index (χ4v) is 2.22. The summed E-state index contributed by atoms with van der Waals surface area (Å²) in [5, 5.41) is 3.23. The monoisotopic (exact) mass is 198 g/mol. The Morgan fingerprint density at radius 3 is 2.86 bits per heavy atom. The van der Waals surface area contributed by atoms with Gasteiger partial charge in [-0.1, -0.05) is 0 Å². The van der Waals surface area contributed by atoms with E-state index >= 15 is 0 Å². The lowest BCUT2D eigenvalue weighted by Crippen LogP contribution is -2.38. The Kier molecular flexibility index (Phi) is 2.74. The van der Waals surface area contributed by atoms with Crippen LogP contribution in [0.15, 0.2) is 0 Å². The van der Waals surface area contributed by atoms with Crippen molar-refractivity contribution in [3.63, 3.8) is 0 Å². The van der Waals surface area contributed by atoms with Crippen LogP contribution in [0.3, 0.4) is 0 Å². The highest BCUT2D eigenvalue weighted by molar-refractivity contribution is 5.83. The van der Waals surface area contributed by atoms with E-state index in [0.717, 1.165) is 26.2 Å². The number of carbonyl (C=O) groups excluding carboxylic acids is 1. The van der Waals surface area contributed by atoms with E-state index in [0.29, 0.717) is 5.92 Å². The number of rotatable bonds is 2. The van der Waals surface area contributed by atoms with E-state index in [2.05, 4.69) is 5.32 Å². The van der Waals surface area contributed by atoms with Crippen LogP contribution in [-0.2, 0) is 9.53 Å². The molecule has 2 aliphatic heterocycles. The Morgan fingerprint density at radius 1 is 1.57 bits per heavy atom. The van der Waals surface area contributed by atoms with Crippen LogP contribution >= 0.6 is 0 Å². The molecule has 1 N–H and O–H groups in total. The molecule has 4 heteroatoms. The number of amides is 1. The molecule has 3 unspecified atom stereocenters. The quantitative estimate of drug-likeness (QED) is 0.688. The minimum Gasteiger partial charge on any atom is -0.381 e. The largest absolute Gasteiger partial charge is 0.381 e. The number of hydrogen-bond donors (Lipinski definition) is 1. The lowest BCUT2D eigenvalue weighted by molar-refractivity contribution is -0.130. The molecule has 2 aliphatic rings. The van der Waals surface area contributed by atoms with Crippen LogP contribution in [0.5, 0.6) is 0 Å². The number of carbonyl (C=O) groups is 1. The highest BCUT2D eigenvalue weighted by Crippen LogP contribution is 2.18. The second-order valence-corrected chi connectivity index (χ2v) is 4.28. The van der Waals surface area contributed by atoms with Crippen molar-refractivity contribution in [2.24, 2.45) is 5.92 Å². The molecule has 1 amide bonds. The smallest absolute Gasteiger partial charge is 0.240 e. The molecule has 2 fully saturated rings. The first kappa shape index (κ1) is 9.93. The van der Waals surface area contributed by atoms with Gasteiger partial charge >= 0.3 is 0 Å². The summed E-state index contributed by atoms with van der Waals surface area (Å²) in [4.78, 5) is 13.7. The van der Waals surface area contributed by atoms with Crippen molar-refractivity contribution in [2.75, 3.05) is 19.8 Å². The topological polar surface area (TPSA) is 41.6 Å². The van der Waals surface area contributed by atoms with E-state index in [-0.39, 0.29) is 18.1 Å². The number of ether oxygens (including phenoxy) is 1. The van der Waals surface area contributed by atoms with Crippen LogP contribution < -0.4 is 5.32 Å². The Labute approximate surface area is 84.6 Å². The Balaban J connectivity index is 1.92. The number of nitrogens with zero attached hydrogens (tertiary/aromatic N) is 1. The van der Waals surface area contributed by atoms with Crippen molar-refractivity contribution < 1.29 is 9.53 Å². The molecule has 80 valence electrons. The first-order valence-electron chi connectivity index (χ1n) is 5.32. The van der Waals surface area contributed by atoms with Crippen LogP contribution in [0, 0.1) is 5.92 Å². The van der Waals surface area contributed by atoms with Gasteiger partial charge in [0.05, 0.1) is 18.8 Å². The summed E-state index contributed by atoms with van der Waals surface area (Å²) in [5.74, 6) is 0.762. The van der Waals surface area contributed by atoms with Crippen molar-refractivity contribution in [2.45, 2.75) is 32.5 Å². The molecule has 0 spiro atoms. The summed E-state index contributed by atoms with van der Waals surface area (Å²) in [6.45, 7) is 6.47. The Hall–Kier alpha value is -0.610. The fourth-order valence-electron chi connectivity index (χ4n) is 2.22. The molecule has 2 saturated heterocycles. The second-order valence-electron chi connectivity index (χ2n) is 4.28.